The summed E-state index contributed by atoms with van der Waals surface area (Å²) < 4.78 is 49.1. The van der Waals surface area contributed by atoms with E-state index in [1.165, 1.54) is 6.07 Å². The van der Waals surface area contributed by atoms with Crippen molar-refractivity contribution in [3.8, 4) is 6.07 Å². The number of rotatable bonds is 6. The lowest BCUT2D eigenvalue weighted by molar-refractivity contribution is -0.384. The van der Waals surface area contributed by atoms with Crippen molar-refractivity contribution < 1.29 is 22.1 Å². The van der Waals surface area contributed by atoms with Crippen LogP contribution in [0.25, 0.3) is 0 Å². The lowest BCUT2D eigenvalue weighted by Crippen LogP contribution is -2.34. The Balaban J connectivity index is 2.05. The summed E-state index contributed by atoms with van der Waals surface area (Å²) in [6, 6.07) is 13.7. The van der Waals surface area contributed by atoms with Crippen LogP contribution >= 0.6 is 0 Å². The van der Waals surface area contributed by atoms with Gasteiger partial charge in [0.1, 0.15) is 5.69 Å². The monoisotopic (exact) mass is 421 g/mol. The summed E-state index contributed by atoms with van der Waals surface area (Å²) in [4.78, 5) is 11.7. The van der Waals surface area contributed by atoms with E-state index in [1.807, 2.05) is 6.07 Å². The molecule has 1 saturated heterocycles. The average Bonchev–Trinajstić information content (AvgIpc) is 3.18. The minimum absolute atomic E-state index is 0.113. The number of benzene rings is 2. The van der Waals surface area contributed by atoms with Crippen molar-refractivity contribution in [3.05, 3.63) is 64.2 Å². The Morgan fingerprint density at radius 1 is 1.21 bits per heavy atom. The molecule has 0 amide bonds. The Bertz CT molecular complexity index is 1050. The van der Waals surface area contributed by atoms with Gasteiger partial charge in [-0.3, -0.25) is 10.1 Å². The van der Waals surface area contributed by atoms with Crippen LogP contribution in [0.4, 0.5) is 20.2 Å². The lowest BCUT2D eigenvalue weighted by Gasteiger charge is -2.30. The Labute approximate surface area is 166 Å². The van der Waals surface area contributed by atoms with Crippen molar-refractivity contribution in [2.24, 2.45) is 0 Å². The van der Waals surface area contributed by atoms with Crippen molar-refractivity contribution >= 4 is 21.2 Å². The van der Waals surface area contributed by atoms with Crippen molar-refractivity contribution in [3.63, 3.8) is 0 Å². The maximum atomic E-state index is 12.8. The minimum atomic E-state index is -4.96. The normalized spacial score (nSPS) is 17.9. The number of hydrogen-bond donors (Lipinski definition) is 0. The van der Waals surface area contributed by atoms with E-state index in [0.29, 0.717) is 25.5 Å². The zero-order valence-corrected chi connectivity index (χ0v) is 15.9. The number of nitro groups is 1. The molecule has 1 fully saturated rings. The second kappa shape index (κ2) is 8.13. The van der Waals surface area contributed by atoms with E-state index < -0.39 is 37.0 Å². The van der Waals surface area contributed by atoms with Gasteiger partial charge >= 0.3 is 5.76 Å². The Morgan fingerprint density at radius 2 is 1.90 bits per heavy atom. The van der Waals surface area contributed by atoms with Crippen molar-refractivity contribution in [1.82, 2.24) is 0 Å². The number of nitrogens with zero attached hydrogens (tertiary/aromatic N) is 3. The van der Waals surface area contributed by atoms with Crippen LogP contribution in [-0.2, 0) is 9.84 Å². The van der Waals surface area contributed by atoms with Crippen molar-refractivity contribution in [1.29, 1.82) is 5.26 Å². The smallest absolute Gasteiger partial charge is 0.341 e. The first-order valence-electron chi connectivity index (χ1n) is 8.79. The molecule has 0 N–H and O–H groups in total. The van der Waals surface area contributed by atoms with E-state index in [2.05, 4.69) is 6.07 Å². The van der Waals surface area contributed by atoms with Gasteiger partial charge in [-0.1, -0.05) is 30.3 Å². The quantitative estimate of drug-likeness (QED) is 0.518. The first-order valence-corrected chi connectivity index (χ1v) is 10.3. The van der Waals surface area contributed by atoms with Crippen LogP contribution in [0.3, 0.4) is 0 Å². The second-order valence-corrected chi connectivity index (χ2v) is 8.55. The fraction of sp³-hybridized carbons (Fsp3) is 0.316. The predicted molar refractivity (Wildman–Crippen MR) is 101 cm³/mol. The third kappa shape index (κ3) is 3.91. The molecule has 0 aromatic heterocycles. The molecule has 1 aliphatic heterocycles. The van der Waals surface area contributed by atoms with E-state index in [1.54, 1.807) is 29.2 Å². The maximum absolute atomic E-state index is 12.8. The summed E-state index contributed by atoms with van der Waals surface area (Å²) in [5.74, 6) is -4.23. The van der Waals surface area contributed by atoms with Crippen LogP contribution in [-0.4, -0.2) is 31.7 Å². The van der Waals surface area contributed by atoms with Gasteiger partial charge in [0.2, 0.25) is 9.84 Å². The number of hydrogen-bond acceptors (Lipinski definition) is 6. The van der Waals surface area contributed by atoms with E-state index in [4.69, 9.17) is 0 Å². The van der Waals surface area contributed by atoms with Crippen molar-refractivity contribution in [2.75, 3.05) is 11.4 Å². The molecule has 29 heavy (non-hydrogen) atoms. The van der Waals surface area contributed by atoms with Gasteiger partial charge in [-0.2, -0.15) is 14.0 Å². The van der Waals surface area contributed by atoms with Gasteiger partial charge in [-0.15, -0.1) is 0 Å². The maximum Gasteiger partial charge on any atom is 0.341 e. The first kappa shape index (κ1) is 20.7. The second-order valence-electron chi connectivity index (χ2n) is 6.63. The fourth-order valence-electron chi connectivity index (χ4n) is 3.65. The highest BCUT2D eigenvalue weighted by atomic mass is 32.2. The van der Waals surface area contributed by atoms with Crippen LogP contribution in [0.1, 0.15) is 24.3 Å². The molecule has 10 heteroatoms. The van der Waals surface area contributed by atoms with Crippen LogP contribution in [0.15, 0.2) is 53.4 Å². The molecule has 1 heterocycles. The summed E-state index contributed by atoms with van der Waals surface area (Å²) in [5.41, 5.74) is 0.303. The molecule has 0 spiro atoms. The third-order valence-corrected chi connectivity index (χ3v) is 6.38. The highest BCUT2D eigenvalue weighted by Crippen LogP contribution is 2.40. The molecule has 2 unspecified atom stereocenters. The molecule has 2 atom stereocenters. The minimum Gasteiger partial charge on any atom is -0.361 e. The van der Waals surface area contributed by atoms with E-state index in [0.717, 1.165) is 11.6 Å². The SMILES string of the molecule is N#CC(c1ccccc1)C1CCCN1c1ccc(S(=O)(=O)C(F)F)cc1[N+](=O)[O-]. The standard InChI is InChI=1S/C19H17F2N3O4S/c20-19(21)29(27,28)14-8-9-17(18(11-14)24(25)26)23-10-4-7-16(23)15(12-22)13-5-2-1-3-6-13/h1-3,5-6,8-9,11,15-16,19H,4,7,10H2. The summed E-state index contributed by atoms with van der Waals surface area (Å²) in [6.07, 6.45) is 1.30. The van der Waals surface area contributed by atoms with Crippen LogP contribution in [0.5, 0.6) is 0 Å². The van der Waals surface area contributed by atoms with Crippen LogP contribution in [0, 0.1) is 21.4 Å². The zero-order valence-electron chi connectivity index (χ0n) is 15.1. The van der Waals surface area contributed by atoms with Crippen LogP contribution < -0.4 is 4.90 Å². The average molecular weight is 421 g/mol. The highest BCUT2D eigenvalue weighted by Gasteiger charge is 2.37. The topological polar surface area (TPSA) is 104 Å². The molecule has 2 aromatic rings. The first-order chi connectivity index (χ1) is 13.8. The third-order valence-electron chi connectivity index (χ3n) is 5.00. The number of nitriles is 1. The summed E-state index contributed by atoms with van der Waals surface area (Å²) in [7, 11) is -4.96. The Hall–Kier alpha value is -3.06. The molecule has 3 rings (SSSR count). The summed E-state index contributed by atoms with van der Waals surface area (Å²) >= 11 is 0. The Morgan fingerprint density at radius 3 is 2.48 bits per heavy atom. The highest BCUT2D eigenvalue weighted by molar-refractivity contribution is 7.91. The van der Waals surface area contributed by atoms with Gasteiger partial charge in [0.25, 0.3) is 5.69 Å². The van der Waals surface area contributed by atoms with Gasteiger partial charge in [-0.05, 0) is 30.5 Å². The molecule has 2 aromatic carbocycles. The fourth-order valence-corrected chi connectivity index (χ4v) is 4.39. The molecule has 0 aliphatic carbocycles. The Kier molecular flexibility index (Phi) is 5.79. The summed E-state index contributed by atoms with van der Waals surface area (Å²) in [6.45, 7) is 0.428. The molecule has 152 valence electrons. The number of halogens is 2. The van der Waals surface area contributed by atoms with Gasteiger partial charge in [0.15, 0.2) is 0 Å². The van der Waals surface area contributed by atoms with E-state index >= 15 is 0 Å². The van der Waals surface area contributed by atoms with Gasteiger partial charge in [0.05, 0.1) is 21.8 Å². The van der Waals surface area contributed by atoms with E-state index in [9.17, 15) is 32.6 Å². The largest absolute Gasteiger partial charge is 0.361 e. The van der Waals surface area contributed by atoms with Crippen molar-refractivity contribution in [2.45, 2.75) is 35.5 Å². The number of sulfone groups is 1. The summed E-state index contributed by atoms with van der Waals surface area (Å²) in [5, 5.41) is 21.3. The molecule has 0 radical (unpaired) electrons. The molecule has 0 saturated carbocycles. The molecule has 1 aliphatic rings. The van der Waals surface area contributed by atoms with Gasteiger partial charge in [0, 0.05) is 18.7 Å². The number of anilines is 1. The lowest BCUT2D eigenvalue weighted by atomic mass is 9.91. The molecular weight excluding hydrogens is 404 g/mol. The molecule has 0 bridgehead atoms. The predicted octanol–water partition coefficient (Wildman–Crippen LogP) is 3.87. The molecular formula is C19H17F2N3O4S. The molecule has 7 nitrogen and oxygen atoms in total. The van der Waals surface area contributed by atoms with Gasteiger partial charge < -0.3 is 4.90 Å². The number of nitro benzene ring substituents is 1. The van der Waals surface area contributed by atoms with Crippen LogP contribution in [0.2, 0.25) is 0 Å². The van der Waals surface area contributed by atoms with Gasteiger partial charge in [-0.25, -0.2) is 8.42 Å². The number of alkyl halides is 2. The zero-order chi connectivity index (χ0) is 21.2. The van der Waals surface area contributed by atoms with E-state index in [-0.39, 0.29) is 11.7 Å².